The smallest absolute Gasteiger partial charge is 0.251 e. The Hall–Kier alpha value is -2.37. The van der Waals surface area contributed by atoms with E-state index < -0.39 is 0 Å². The van der Waals surface area contributed by atoms with E-state index in [9.17, 15) is 4.79 Å². The van der Waals surface area contributed by atoms with Crippen LogP contribution in [0, 0.1) is 6.92 Å². The Kier molecular flexibility index (Phi) is 6.63. The predicted octanol–water partition coefficient (Wildman–Crippen LogP) is 2.64. The maximum atomic E-state index is 12.2. The molecule has 2 aromatic carbocycles. The second kappa shape index (κ2) is 9.36. The van der Waals surface area contributed by atoms with Crippen molar-refractivity contribution in [3.05, 3.63) is 65.2 Å². The van der Waals surface area contributed by atoms with Gasteiger partial charge in [0.05, 0.1) is 19.8 Å². The van der Waals surface area contributed by atoms with Crippen molar-refractivity contribution in [2.45, 2.75) is 13.5 Å². The Bertz CT molecular complexity index is 709. The van der Waals surface area contributed by atoms with E-state index in [1.54, 1.807) is 0 Å². The van der Waals surface area contributed by atoms with Crippen LogP contribution in [0.3, 0.4) is 0 Å². The molecule has 0 saturated carbocycles. The van der Waals surface area contributed by atoms with Crippen molar-refractivity contribution < 1.29 is 14.3 Å². The summed E-state index contributed by atoms with van der Waals surface area (Å²) >= 11 is 0. The van der Waals surface area contributed by atoms with E-state index in [0.29, 0.717) is 18.7 Å². The Balaban J connectivity index is 1.41. The van der Waals surface area contributed by atoms with Gasteiger partial charge in [0, 0.05) is 25.2 Å². The molecule has 0 unspecified atom stereocenters. The molecule has 5 heteroatoms. The first-order valence-corrected chi connectivity index (χ1v) is 9.07. The van der Waals surface area contributed by atoms with Gasteiger partial charge in [-0.1, -0.05) is 24.3 Å². The Morgan fingerprint density at radius 3 is 2.65 bits per heavy atom. The number of benzene rings is 2. The van der Waals surface area contributed by atoms with E-state index in [-0.39, 0.29) is 5.91 Å². The summed E-state index contributed by atoms with van der Waals surface area (Å²) in [6, 6.07) is 15.7. The van der Waals surface area contributed by atoms with Gasteiger partial charge in [0.1, 0.15) is 12.4 Å². The zero-order valence-corrected chi connectivity index (χ0v) is 15.2. The molecule has 0 spiro atoms. The highest BCUT2D eigenvalue weighted by Crippen LogP contribution is 2.12. The van der Waals surface area contributed by atoms with E-state index in [0.717, 1.165) is 44.2 Å². The quantitative estimate of drug-likeness (QED) is 0.777. The molecule has 1 fully saturated rings. The van der Waals surface area contributed by atoms with Crippen molar-refractivity contribution in [3.8, 4) is 5.75 Å². The maximum Gasteiger partial charge on any atom is 0.251 e. The molecule has 26 heavy (non-hydrogen) atoms. The van der Waals surface area contributed by atoms with Crippen molar-refractivity contribution in [1.82, 2.24) is 10.2 Å². The van der Waals surface area contributed by atoms with Crippen LogP contribution in [0.4, 0.5) is 0 Å². The van der Waals surface area contributed by atoms with E-state index >= 15 is 0 Å². The number of nitrogens with one attached hydrogen (secondary N) is 1. The minimum absolute atomic E-state index is 0.0734. The van der Waals surface area contributed by atoms with Gasteiger partial charge in [0.25, 0.3) is 5.91 Å². The van der Waals surface area contributed by atoms with Crippen molar-refractivity contribution in [2.24, 2.45) is 0 Å². The molecule has 0 bridgehead atoms. The van der Waals surface area contributed by atoms with Crippen molar-refractivity contribution in [2.75, 3.05) is 39.5 Å². The van der Waals surface area contributed by atoms with Gasteiger partial charge < -0.3 is 14.8 Å². The van der Waals surface area contributed by atoms with Gasteiger partial charge in [-0.15, -0.1) is 0 Å². The summed E-state index contributed by atoms with van der Waals surface area (Å²) in [5, 5.41) is 2.89. The molecule has 0 aromatic heterocycles. The highest BCUT2D eigenvalue weighted by Gasteiger charge is 2.11. The van der Waals surface area contributed by atoms with E-state index in [1.807, 2.05) is 55.5 Å². The summed E-state index contributed by atoms with van der Waals surface area (Å²) in [6.45, 7) is 7.36. The molecule has 1 heterocycles. The third-order valence-corrected chi connectivity index (χ3v) is 4.37. The fraction of sp³-hybridized carbons (Fsp3) is 0.381. The molecule has 1 N–H and O–H groups in total. The van der Waals surface area contributed by atoms with Crippen LogP contribution in [0.5, 0.6) is 5.75 Å². The Labute approximate surface area is 154 Å². The third kappa shape index (κ3) is 5.58. The van der Waals surface area contributed by atoms with Gasteiger partial charge in [-0.05, 0) is 42.3 Å². The lowest BCUT2D eigenvalue weighted by Crippen LogP contribution is -2.35. The molecular weight excluding hydrogens is 328 g/mol. The minimum atomic E-state index is -0.0734. The van der Waals surface area contributed by atoms with Crippen LogP contribution in [0.2, 0.25) is 0 Å². The van der Waals surface area contributed by atoms with Gasteiger partial charge in [-0.25, -0.2) is 0 Å². The molecule has 3 rings (SSSR count). The first-order valence-electron chi connectivity index (χ1n) is 9.07. The summed E-state index contributed by atoms with van der Waals surface area (Å²) in [7, 11) is 0. The molecular formula is C21H26N2O3. The van der Waals surface area contributed by atoms with E-state index in [2.05, 4.69) is 10.2 Å². The summed E-state index contributed by atoms with van der Waals surface area (Å²) < 4.78 is 11.0. The average Bonchev–Trinajstić information content (AvgIpc) is 2.66. The molecule has 1 aliphatic heterocycles. The number of morpholine rings is 1. The van der Waals surface area contributed by atoms with Crippen LogP contribution < -0.4 is 10.1 Å². The first kappa shape index (κ1) is 18.4. The molecule has 138 valence electrons. The second-order valence-corrected chi connectivity index (χ2v) is 6.51. The number of hydrogen-bond donors (Lipinski definition) is 1. The summed E-state index contributed by atoms with van der Waals surface area (Å²) in [4.78, 5) is 14.6. The van der Waals surface area contributed by atoms with Crippen molar-refractivity contribution >= 4 is 5.91 Å². The normalized spacial score (nSPS) is 14.8. The monoisotopic (exact) mass is 354 g/mol. The van der Waals surface area contributed by atoms with Gasteiger partial charge in [0.15, 0.2) is 0 Å². The van der Waals surface area contributed by atoms with Crippen molar-refractivity contribution in [1.29, 1.82) is 0 Å². The van der Waals surface area contributed by atoms with Gasteiger partial charge in [-0.3, -0.25) is 9.69 Å². The molecule has 0 aliphatic carbocycles. The van der Waals surface area contributed by atoms with E-state index in [4.69, 9.17) is 9.47 Å². The zero-order valence-electron chi connectivity index (χ0n) is 15.2. The molecule has 0 atom stereocenters. The van der Waals surface area contributed by atoms with Crippen LogP contribution >= 0.6 is 0 Å². The number of rotatable bonds is 7. The Morgan fingerprint density at radius 2 is 1.92 bits per heavy atom. The number of carbonyl (C=O) groups excluding carboxylic acids is 1. The number of hydrogen-bond acceptors (Lipinski definition) is 4. The molecule has 1 amide bonds. The van der Waals surface area contributed by atoms with Crippen LogP contribution in [0.25, 0.3) is 0 Å². The van der Waals surface area contributed by atoms with Gasteiger partial charge in [-0.2, -0.15) is 0 Å². The Morgan fingerprint density at radius 1 is 1.15 bits per heavy atom. The first-order chi connectivity index (χ1) is 12.7. The van der Waals surface area contributed by atoms with E-state index in [1.165, 1.54) is 5.56 Å². The van der Waals surface area contributed by atoms with Crippen LogP contribution in [-0.4, -0.2) is 50.3 Å². The third-order valence-electron chi connectivity index (χ3n) is 4.37. The molecule has 5 nitrogen and oxygen atoms in total. The number of nitrogens with zero attached hydrogens (tertiary/aromatic N) is 1. The SMILES string of the molecule is Cc1cccc(OCCNC(=O)c2ccc(CN3CCOCC3)cc2)c1. The van der Waals surface area contributed by atoms with Crippen molar-refractivity contribution in [3.63, 3.8) is 0 Å². The fourth-order valence-electron chi connectivity index (χ4n) is 2.92. The molecule has 1 saturated heterocycles. The van der Waals surface area contributed by atoms with Crippen LogP contribution in [-0.2, 0) is 11.3 Å². The van der Waals surface area contributed by atoms with Crippen LogP contribution in [0.15, 0.2) is 48.5 Å². The standard InChI is InChI=1S/C21H26N2O3/c1-17-3-2-4-20(15-17)26-12-9-22-21(24)19-7-5-18(6-8-19)16-23-10-13-25-14-11-23/h2-8,15H,9-14,16H2,1H3,(H,22,24). The molecule has 0 radical (unpaired) electrons. The number of ether oxygens (including phenoxy) is 2. The second-order valence-electron chi connectivity index (χ2n) is 6.51. The minimum Gasteiger partial charge on any atom is -0.492 e. The molecule has 2 aromatic rings. The summed E-state index contributed by atoms with van der Waals surface area (Å²) in [5.41, 5.74) is 3.04. The summed E-state index contributed by atoms with van der Waals surface area (Å²) in [5.74, 6) is 0.752. The average molecular weight is 354 g/mol. The highest BCUT2D eigenvalue weighted by atomic mass is 16.5. The van der Waals surface area contributed by atoms with Gasteiger partial charge in [0.2, 0.25) is 0 Å². The lowest BCUT2D eigenvalue weighted by molar-refractivity contribution is 0.0342. The summed E-state index contributed by atoms with van der Waals surface area (Å²) in [6.07, 6.45) is 0. The largest absolute Gasteiger partial charge is 0.492 e. The van der Waals surface area contributed by atoms with Crippen LogP contribution in [0.1, 0.15) is 21.5 Å². The lowest BCUT2D eigenvalue weighted by atomic mass is 10.1. The number of carbonyl (C=O) groups is 1. The lowest BCUT2D eigenvalue weighted by Gasteiger charge is -2.26. The van der Waals surface area contributed by atoms with Gasteiger partial charge >= 0.3 is 0 Å². The zero-order chi connectivity index (χ0) is 18.2. The predicted molar refractivity (Wildman–Crippen MR) is 102 cm³/mol. The fourth-order valence-corrected chi connectivity index (χ4v) is 2.92. The molecule has 1 aliphatic rings. The maximum absolute atomic E-state index is 12.2. The number of amides is 1. The highest BCUT2D eigenvalue weighted by molar-refractivity contribution is 5.94. The number of aryl methyl sites for hydroxylation is 1. The topological polar surface area (TPSA) is 50.8 Å².